The van der Waals surface area contributed by atoms with E-state index in [1.54, 1.807) is 4.57 Å². The van der Waals surface area contributed by atoms with Crippen molar-refractivity contribution < 1.29 is 9.59 Å². The van der Waals surface area contributed by atoms with Crippen molar-refractivity contribution in [2.24, 2.45) is 5.84 Å². The van der Waals surface area contributed by atoms with Crippen LogP contribution in [0.4, 0.5) is 10.5 Å². The summed E-state index contributed by atoms with van der Waals surface area (Å²) in [5.41, 5.74) is 1.05. The number of anilines is 1. The number of aromatic nitrogens is 1. The number of rotatable bonds is 3. The van der Waals surface area contributed by atoms with Gasteiger partial charge in [-0.05, 0) is 24.3 Å². The number of urea groups is 1. The topological polar surface area (TPSA) is 79.5 Å². The molecule has 0 saturated heterocycles. The molecule has 3 amide bonds. The normalized spacial score (nSPS) is 11.0. The third-order valence-corrected chi connectivity index (χ3v) is 5.02. The van der Waals surface area contributed by atoms with Gasteiger partial charge in [-0.1, -0.05) is 37.8 Å². The van der Waals surface area contributed by atoms with E-state index in [9.17, 15) is 9.59 Å². The third kappa shape index (κ3) is 3.82. The minimum absolute atomic E-state index is 0.319. The molecule has 0 aliphatic heterocycles. The molecule has 0 radical (unpaired) electrons. The van der Waals surface area contributed by atoms with Gasteiger partial charge in [-0.25, -0.2) is 10.6 Å². The Hall–Kier alpha value is -2.51. The molecule has 0 aliphatic rings. The first-order chi connectivity index (χ1) is 10.8. The van der Waals surface area contributed by atoms with E-state index in [0.29, 0.717) is 10.6 Å². The first-order valence-electron chi connectivity index (χ1n) is 7.21. The highest BCUT2D eigenvalue weighted by molar-refractivity contribution is 6.83. The van der Waals surface area contributed by atoms with Crippen molar-refractivity contribution in [1.82, 2.24) is 9.99 Å². The molecule has 0 aliphatic carbocycles. The fraction of sp³-hybridized carbons (Fsp3) is 0.188. The molecule has 6 nitrogen and oxygen atoms in total. The van der Waals surface area contributed by atoms with Gasteiger partial charge in [-0.2, -0.15) is 5.01 Å². The number of carbonyl (C=O) groups excluding carboxylic acids is 2. The molecule has 2 aromatic rings. The van der Waals surface area contributed by atoms with Crippen molar-refractivity contribution in [3.05, 3.63) is 60.4 Å². The minimum Gasteiger partial charge on any atom is -0.322 e. The van der Waals surface area contributed by atoms with E-state index in [0.717, 1.165) is 5.69 Å². The molecule has 23 heavy (non-hydrogen) atoms. The molecule has 7 heteroatoms. The lowest BCUT2D eigenvalue weighted by molar-refractivity contribution is 0.0808. The van der Waals surface area contributed by atoms with Gasteiger partial charge < -0.3 is 4.57 Å². The van der Waals surface area contributed by atoms with E-state index in [-0.39, 0.29) is 0 Å². The van der Waals surface area contributed by atoms with Gasteiger partial charge in [-0.3, -0.25) is 9.78 Å². The number of nitrogens with two attached hydrogens (primary N) is 1. The molecule has 1 heterocycles. The fourth-order valence-corrected chi connectivity index (χ4v) is 3.80. The van der Waals surface area contributed by atoms with Crippen molar-refractivity contribution in [1.29, 1.82) is 0 Å². The van der Waals surface area contributed by atoms with Crippen molar-refractivity contribution >= 4 is 25.9 Å². The van der Waals surface area contributed by atoms with Crippen LogP contribution < -0.4 is 10.4 Å². The Balaban J connectivity index is 2.33. The zero-order valence-electron chi connectivity index (χ0n) is 13.4. The minimum atomic E-state index is -2.10. The predicted molar refractivity (Wildman–Crippen MR) is 92.3 cm³/mol. The first kappa shape index (κ1) is 16.9. The number of benzene rings is 1. The van der Waals surface area contributed by atoms with Crippen LogP contribution in [0.2, 0.25) is 19.6 Å². The molecule has 120 valence electrons. The lowest BCUT2D eigenvalue weighted by Gasteiger charge is -2.36. The maximum absolute atomic E-state index is 12.8. The number of carbonyl (C=O) groups is 2. The summed E-state index contributed by atoms with van der Waals surface area (Å²) in [6, 6.07) is 11.8. The number of hydrazine groups is 1. The molecule has 1 aromatic heterocycles. The number of nitrogens with zero attached hydrogens (tertiary/aromatic N) is 3. The molecular weight excluding hydrogens is 308 g/mol. The summed E-state index contributed by atoms with van der Waals surface area (Å²) in [5.74, 6) is 5.26. The number of hydrogen-bond donors (Lipinski definition) is 1. The Morgan fingerprint density at radius 1 is 1.00 bits per heavy atom. The number of pyridine rings is 1. The predicted octanol–water partition coefficient (Wildman–Crippen LogP) is 2.86. The molecule has 0 fully saturated rings. The Morgan fingerprint density at radius 2 is 1.57 bits per heavy atom. The summed E-state index contributed by atoms with van der Waals surface area (Å²) in [5, 5.41) is 0.667. The van der Waals surface area contributed by atoms with Crippen LogP contribution in [0.1, 0.15) is 10.4 Å². The van der Waals surface area contributed by atoms with Crippen LogP contribution in [0, 0.1) is 0 Å². The molecule has 0 saturated carbocycles. The van der Waals surface area contributed by atoms with Crippen molar-refractivity contribution in [3.8, 4) is 0 Å². The molecule has 0 spiro atoms. The summed E-state index contributed by atoms with van der Waals surface area (Å²) in [4.78, 5) is 29.1. The van der Waals surface area contributed by atoms with Gasteiger partial charge in [0, 0.05) is 23.6 Å². The highest BCUT2D eigenvalue weighted by Gasteiger charge is 2.34. The molecule has 2 N–H and O–H groups in total. The van der Waals surface area contributed by atoms with Crippen molar-refractivity contribution in [2.45, 2.75) is 19.6 Å². The monoisotopic (exact) mass is 328 g/mol. The van der Waals surface area contributed by atoms with Crippen molar-refractivity contribution in [3.63, 3.8) is 0 Å². The van der Waals surface area contributed by atoms with Crippen LogP contribution in [0.3, 0.4) is 0 Å². The number of amides is 3. The molecule has 1 aromatic carbocycles. The lowest BCUT2D eigenvalue weighted by Crippen LogP contribution is -2.58. The van der Waals surface area contributed by atoms with E-state index in [1.807, 2.05) is 50.0 Å². The van der Waals surface area contributed by atoms with E-state index in [4.69, 9.17) is 5.84 Å². The van der Waals surface area contributed by atoms with Crippen LogP contribution in [0.25, 0.3) is 0 Å². The number of imide groups is 1. The number of para-hydroxylation sites is 1. The fourth-order valence-electron chi connectivity index (χ4n) is 2.19. The summed E-state index contributed by atoms with van der Waals surface area (Å²) < 4.78 is 1.63. The summed E-state index contributed by atoms with van der Waals surface area (Å²) in [7, 11) is -2.10. The van der Waals surface area contributed by atoms with Gasteiger partial charge in [0.2, 0.25) is 0 Å². The zero-order valence-corrected chi connectivity index (χ0v) is 14.4. The van der Waals surface area contributed by atoms with Gasteiger partial charge in [0.05, 0.1) is 0 Å². The molecule has 0 unspecified atom stereocenters. The smallest absolute Gasteiger partial charge is 0.322 e. The van der Waals surface area contributed by atoms with Crippen LogP contribution in [-0.2, 0) is 0 Å². The first-order valence-corrected chi connectivity index (χ1v) is 10.7. The van der Waals surface area contributed by atoms with Gasteiger partial charge in [-0.15, -0.1) is 0 Å². The maximum Gasteiger partial charge on any atom is 0.337 e. The summed E-state index contributed by atoms with van der Waals surface area (Å²) >= 11 is 0. The van der Waals surface area contributed by atoms with Crippen LogP contribution in [0.5, 0.6) is 0 Å². The van der Waals surface area contributed by atoms with E-state index < -0.39 is 20.2 Å². The highest BCUT2D eigenvalue weighted by Crippen LogP contribution is 2.23. The van der Waals surface area contributed by atoms with Crippen molar-refractivity contribution in [2.75, 3.05) is 4.57 Å². The lowest BCUT2D eigenvalue weighted by atomic mass is 10.2. The van der Waals surface area contributed by atoms with Gasteiger partial charge >= 0.3 is 6.03 Å². The molecule has 0 atom stereocenters. The van der Waals surface area contributed by atoms with Gasteiger partial charge in [0.15, 0.2) is 8.24 Å². The summed E-state index contributed by atoms with van der Waals surface area (Å²) in [6.45, 7) is 6.05. The Bertz CT molecular complexity index is 686. The summed E-state index contributed by atoms with van der Waals surface area (Å²) in [6.07, 6.45) is 2.97. The second-order valence-electron chi connectivity index (χ2n) is 6.04. The SMILES string of the molecule is C[Si](C)(C)N(C(=O)N(N)C(=O)c1ccncc1)c1ccccc1. The zero-order chi connectivity index (χ0) is 17.0. The van der Waals surface area contributed by atoms with E-state index in [1.165, 1.54) is 24.5 Å². The van der Waals surface area contributed by atoms with E-state index >= 15 is 0 Å². The standard InChI is InChI=1S/C16H20N4O2Si/c1-23(2,3)20(14-7-5-4-6-8-14)16(22)19(17)15(21)13-9-11-18-12-10-13/h4-12H,17H2,1-3H3. The maximum atomic E-state index is 12.8. The van der Waals surface area contributed by atoms with Gasteiger partial charge in [0.1, 0.15) is 0 Å². The Labute approximate surface area is 136 Å². The van der Waals surface area contributed by atoms with Crippen LogP contribution in [0.15, 0.2) is 54.9 Å². The Morgan fingerprint density at radius 3 is 2.09 bits per heavy atom. The Kier molecular flexibility index (Phi) is 4.92. The molecular formula is C16H20N4O2Si. The average Bonchev–Trinajstić information content (AvgIpc) is 2.54. The third-order valence-electron chi connectivity index (χ3n) is 3.23. The largest absolute Gasteiger partial charge is 0.337 e. The quantitative estimate of drug-likeness (QED) is 0.407. The van der Waals surface area contributed by atoms with Crippen LogP contribution in [-0.4, -0.2) is 30.2 Å². The van der Waals surface area contributed by atoms with Crippen LogP contribution >= 0.6 is 0 Å². The van der Waals surface area contributed by atoms with E-state index in [2.05, 4.69) is 4.98 Å². The second-order valence-corrected chi connectivity index (χ2v) is 10.8. The molecule has 2 rings (SSSR count). The number of hydrogen-bond acceptors (Lipinski definition) is 4. The second kappa shape index (κ2) is 6.72. The average molecular weight is 328 g/mol. The molecule has 0 bridgehead atoms. The van der Waals surface area contributed by atoms with Gasteiger partial charge in [0.25, 0.3) is 5.91 Å². The highest BCUT2D eigenvalue weighted by atomic mass is 28.3.